The maximum absolute atomic E-state index is 13.9. The van der Waals surface area contributed by atoms with Crippen molar-refractivity contribution in [3.05, 3.63) is 53.1 Å². The highest BCUT2D eigenvalue weighted by molar-refractivity contribution is 5.96. The van der Waals surface area contributed by atoms with Crippen molar-refractivity contribution in [1.82, 2.24) is 10.3 Å². The zero-order chi connectivity index (χ0) is 19.0. The molecule has 0 bridgehead atoms. The smallest absolute Gasteiger partial charge is 0.253 e. The molecule has 3 N–H and O–H groups in total. The Hall–Kier alpha value is -2.34. The van der Waals surface area contributed by atoms with Gasteiger partial charge >= 0.3 is 0 Å². The predicted molar refractivity (Wildman–Crippen MR) is 103 cm³/mol. The molecule has 1 aliphatic carbocycles. The Morgan fingerprint density at radius 3 is 2.70 bits per heavy atom. The molecule has 1 atom stereocenters. The van der Waals surface area contributed by atoms with Crippen molar-refractivity contribution in [1.29, 1.82) is 0 Å². The molecule has 0 radical (unpaired) electrons. The van der Waals surface area contributed by atoms with Gasteiger partial charge in [-0.25, -0.2) is 4.39 Å². The molecule has 4 rings (SSSR count). The van der Waals surface area contributed by atoms with Crippen LogP contribution in [0.4, 0.5) is 10.1 Å². The Balaban J connectivity index is 1.54. The first-order valence-corrected chi connectivity index (χ1v) is 9.73. The van der Waals surface area contributed by atoms with Crippen molar-refractivity contribution in [3.8, 4) is 0 Å². The van der Waals surface area contributed by atoms with E-state index in [1.807, 2.05) is 13.0 Å². The Kier molecular flexibility index (Phi) is 4.91. The van der Waals surface area contributed by atoms with Crippen LogP contribution in [-0.2, 0) is 0 Å². The van der Waals surface area contributed by atoms with E-state index in [4.69, 9.17) is 0 Å². The minimum absolute atomic E-state index is 0.130. The number of benzene rings is 1. The minimum atomic E-state index is -0.322. The molecule has 1 aliphatic heterocycles. The highest BCUT2D eigenvalue weighted by Crippen LogP contribution is 2.41. The van der Waals surface area contributed by atoms with Crippen LogP contribution in [0.15, 0.2) is 30.5 Å². The summed E-state index contributed by atoms with van der Waals surface area (Å²) in [6.45, 7) is 3.34. The van der Waals surface area contributed by atoms with Gasteiger partial charge in [-0.1, -0.05) is 0 Å². The second-order valence-corrected chi connectivity index (χ2v) is 7.70. The van der Waals surface area contributed by atoms with Crippen LogP contribution in [-0.4, -0.2) is 35.2 Å². The molecule has 2 aromatic rings. The van der Waals surface area contributed by atoms with Gasteiger partial charge in [-0.15, -0.1) is 0 Å². The van der Waals surface area contributed by atoms with Crippen molar-refractivity contribution in [2.75, 3.05) is 18.0 Å². The number of anilines is 1. The Labute approximate surface area is 158 Å². The highest BCUT2D eigenvalue weighted by atomic mass is 19.1. The maximum Gasteiger partial charge on any atom is 0.253 e. The van der Waals surface area contributed by atoms with Gasteiger partial charge in [0.15, 0.2) is 0 Å². The first kappa shape index (κ1) is 18.0. The van der Waals surface area contributed by atoms with Crippen LogP contribution in [0.25, 0.3) is 0 Å². The monoisotopic (exact) mass is 371 g/mol. The molecule has 0 spiro atoms. The first-order chi connectivity index (χ1) is 13.0. The van der Waals surface area contributed by atoms with Crippen molar-refractivity contribution < 1.29 is 14.3 Å². The second kappa shape index (κ2) is 7.35. The molecular weight excluding hydrogens is 345 g/mol. The van der Waals surface area contributed by atoms with E-state index in [2.05, 4.69) is 15.2 Å². The lowest BCUT2D eigenvalue weighted by molar-refractivity contribution is 0.0939. The van der Waals surface area contributed by atoms with Gasteiger partial charge in [-0.05, 0) is 62.8 Å². The van der Waals surface area contributed by atoms with E-state index >= 15 is 0 Å². The van der Waals surface area contributed by atoms with Crippen molar-refractivity contribution in [2.24, 2.45) is 0 Å². The zero-order valence-electron chi connectivity index (χ0n) is 15.5. The number of hydrogen-bond donors (Lipinski definition) is 3. The van der Waals surface area contributed by atoms with E-state index in [0.717, 1.165) is 42.9 Å². The fourth-order valence-corrected chi connectivity index (χ4v) is 3.91. The number of piperidine rings is 1. The van der Waals surface area contributed by atoms with E-state index in [-0.39, 0.29) is 23.9 Å². The molecule has 144 valence electrons. The van der Waals surface area contributed by atoms with E-state index in [1.54, 1.807) is 12.3 Å². The quantitative estimate of drug-likeness (QED) is 0.754. The molecule has 1 aromatic heterocycles. The average Bonchev–Trinajstić information content (AvgIpc) is 3.38. The third kappa shape index (κ3) is 3.86. The van der Waals surface area contributed by atoms with Crippen LogP contribution < -0.4 is 10.2 Å². The lowest BCUT2D eigenvalue weighted by Crippen LogP contribution is -2.37. The van der Waals surface area contributed by atoms with Crippen LogP contribution in [0.5, 0.6) is 0 Å². The molecule has 6 heteroatoms. The number of rotatable bonds is 5. The number of nitrogens with zero attached hydrogens (tertiary/aromatic N) is 1. The normalized spacial score (nSPS) is 19.1. The number of nitrogens with one attached hydrogen (secondary N) is 2. The lowest BCUT2D eigenvalue weighted by Gasteiger charge is -2.34. The number of aliphatic hydroxyl groups excluding tert-OH is 1. The fourth-order valence-electron chi connectivity index (χ4n) is 3.91. The molecular formula is C21H26FN3O2. The second-order valence-electron chi connectivity index (χ2n) is 7.70. The van der Waals surface area contributed by atoms with Gasteiger partial charge in [-0.3, -0.25) is 4.79 Å². The average molecular weight is 371 g/mol. The van der Waals surface area contributed by atoms with Crippen molar-refractivity contribution in [3.63, 3.8) is 0 Å². The van der Waals surface area contributed by atoms with Gasteiger partial charge < -0.3 is 20.3 Å². The van der Waals surface area contributed by atoms with E-state index in [1.165, 1.54) is 12.1 Å². The lowest BCUT2D eigenvalue weighted by atomic mass is 10.0. The topological polar surface area (TPSA) is 68.4 Å². The van der Waals surface area contributed by atoms with Gasteiger partial charge in [-0.2, -0.15) is 0 Å². The molecule has 1 aromatic carbocycles. The number of aromatic amines is 1. The largest absolute Gasteiger partial charge is 0.393 e. The number of halogens is 1. The van der Waals surface area contributed by atoms with Gasteiger partial charge in [0.25, 0.3) is 5.91 Å². The van der Waals surface area contributed by atoms with Crippen LogP contribution in [0.1, 0.15) is 66.2 Å². The third-order valence-corrected chi connectivity index (χ3v) is 5.62. The zero-order valence-corrected chi connectivity index (χ0v) is 15.5. The minimum Gasteiger partial charge on any atom is -0.393 e. The van der Waals surface area contributed by atoms with Crippen molar-refractivity contribution in [2.45, 2.75) is 50.7 Å². The predicted octanol–water partition coefficient (Wildman–Crippen LogP) is 3.48. The Morgan fingerprint density at radius 2 is 2.00 bits per heavy atom. The number of aliphatic hydroxyl groups is 1. The molecule has 27 heavy (non-hydrogen) atoms. The van der Waals surface area contributed by atoms with E-state index in [9.17, 15) is 14.3 Å². The first-order valence-electron chi connectivity index (χ1n) is 9.73. The van der Waals surface area contributed by atoms with Gasteiger partial charge in [0.1, 0.15) is 5.82 Å². The number of carbonyl (C=O) groups is 1. The molecule has 1 saturated carbocycles. The van der Waals surface area contributed by atoms with Crippen LogP contribution in [0, 0.1) is 5.82 Å². The molecule has 2 aliphatic rings. The summed E-state index contributed by atoms with van der Waals surface area (Å²) in [5.41, 5.74) is 3.38. The van der Waals surface area contributed by atoms with Gasteiger partial charge in [0, 0.05) is 36.2 Å². The van der Waals surface area contributed by atoms with E-state index < -0.39 is 0 Å². The molecule has 2 heterocycles. The van der Waals surface area contributed by atoms with Crippen LogP contribution >= 0.6 is 0 Å². The summed E-state index contributed by atoms with van der Waals surface area (Å²) in [5.74, 6) is 0.0164. The SMILES string of the molecule is CC(NC(=O)c1cc[nH]c1C1CC1)c1cc(F)ccc1N1CCC(O)CC1. The number of hydrogen-bond acceptors (Lipinski definition) is 3. The summed E-state index contributed by atoms with van der Waals surface area (Å²) in [6, 6.07) is 6.22. The number of aromatic nitrogens is 1. The number of H-pyrrole nitrogens is 1. The fraction of sp³-hybridized carbons (Fsp3) is 0.476. The summed E-state index contributed by atoms with van der Waals surface area (Å²) in [5, 5.41) is 12.8. The van der Waals surface area contributed by atoms with Gasteiger partial charge in [0.2, 0.25) is 0 Å². The maximum atomic E-state index is 13.9. The van der Waals surface area contributed by atoms with Crippen LogP contribution in [0.3, 0.4) is 0 Å². The summed E-state index contributed by atoms with van der Waals surface area (Å²) in [7, 11) is 0. The molecule has 5 nitrogen and oxygen atoms in total. The summed E-state index contributed by atoms with van der Waals surface area (Å²) in [6.07, 6.45) is 5.17. The Bertz CT molecular complexity index is 823. The number of carbonyl (C=O) groups excluding carboxylic acids is 1. The Morgan fingerprint density at radius 1 is 1.26 bits per heavy atom. The number of amides is 1. The van der Waals surface area contributed by atoms with Crippen molar-refractivity contribution >= 4 is 11.6 Å². The summed E-state index contributed by atoms with van der Waals surface area (Å²) >= 11 is 0. The van der Waals surface area contributed by atoms with Crippen LogP contribution in [0.2, 0.25) is 0 Å². The highest BCUT2D eigenvalue weighted by Gasteiger charge is 2.30. The standard InChI is InChI=1S/C21H26FN3O2/c1-13(24-21(27)17-6-9-23-20(17)14-2-3-14)18-12-15(22)4-5-19(18)25-10-7-16(26)8-11-25/h4-6,9,12-14,16,23,26H,2-3,7-8,10-11H2,1H3,(H,24,27). The summed E-state index contributed by atoms with van der Waals surface area (Å²) in [4.78, 5) is 18.1. The molecule has 1 unspecified atom stereocenters. The van der Waals surface area contributed by atoms with E-state index in [0.29, 0.717) is 24.3 Å². The summed E-state index contributed by atoms with van der Waals surface area (Å²) < 4.78 is 13.9. The molecule has 1 saturated heterocycles. The molecule has 2 fully saturated rings. The van der Waals surface area contributed by atoms with Gasteiger partial charge in [0.05, 0.1) is 17.7 Å². The third-order valence-electron chi connectivity index (χ3n) is 5.62. The molecule has 1 amide bonds.